The Morgan fingerprint density at radius 1 is 1.58 bits per heavy atom. The van der Waals surface area contributed by atoms with Crippen molar-refractivity contribution in [2.24, 2.45) is 5.92 Å². The van der Waals surface area contributed by atoms with E-state index in [0.717, 1.165) is 0 Å². The van der Waals surface area contributed by atoms with Crippen LogP contribution in [0.1, 0.15) is 12.8 Å². The van der Waals surface area contributed by atoms with Gasteiger partial charge in [-0.05, 0) is 6.42 Å². The molecule has 3 nitrogen and oxygen atoms in total. The third kappa shape index (κ3) is 4.75. The van der Waals surface area contributed by atoms with Crippen molar-refractivity contribution in [1.29, 1.82) is 0 Å². The second-order valence-electron chi connectivity index (χ2n) is 2.43. The van der Waals surface area contributed by atoms with Crippen LogP contribution in [0.25, 0.3) is 0 Å². The van der Waals surface area contributed by atoms with Crippen molar-refractivity contribution >= 4 is 5.97 Å². The number of carbonyl (C=O) groups is 1. The number of rotatable bonds is 5. The number of carbonyl (C=O) groups excluding carboxylic acids is 1. The predicted molar refractivity (Wildman–Crippen MR) is 45.4 cm³/mol. The van der Waals surface area contributed by atoms with E-state index in [0.29, 0.717) is 13.0 Å². The molecule has 0 aliphatic carbocycles. The molecule has 0 radical (unpaired) electrons. The molecule has 3 heteroatoms. The van der Waals surface area contributed by atoms with Crippen molar-refractivity contribution in [3.8, 4) is 12.3 Å². The lowest BCUT2D eigenvalue weighted by molar-refractivity contribution is -0.141. The average Bonchev–Trinajstić information content (AvgIpc) is 2.11. The highest BCUT2D eigenvalue weighted by Gasteiger charge is 2.10. The van der Waals surface area contributed by atoms with Crippen LogP contribution in [0.15, 0.2) is 0 Å². The zero-order valence-electron chi connectivity index (χ0n) is 7.50. The van der Waals surface area contributed by atoms with Crippen molar-refractivity contribution in [2.75, 3.05) is 20.8 Å². The molecule has 0 N–H and O–H groups in total. The average molecular weight is 170 g/mol. The number of terminal acetylenes is 1. The second kappa shape index (κ2) is 6.68. The Kier molecular flexibility index (Phi) is 6.12. The minimum absolute atomic E-state index is 0.0719. The lowest BCUT2D eigenvalue weighted by Crippen LogP contribution is -2.10. The van der Waals surface area contributed by atoms with Crippen LogP contribution in [0.3, 0.4) is 0 Å². The van der Waals surface area contributed by atoms with Gasteiger partial charge in [-0.2, -0.15) is 0 Å². The normalized spacial score (nSPS) is 11.8. The van der Waals surface area contributed by atoms with Gasteiger partial charge in [0.15, 0.2) is 0 Å². The smallest absolute Gasteiger partial charge is 0.306 e. The van der Waals surface area contributed by atoms with Gasteiger partial charge in [0.1, 0.15) is 0 Å². The molecule has 0 rings (SSSR count). The van der Waals surface area contributed by atoms with Crippen molar-refractivity contribution < 1.29 is 14.3 Å². The molecular formula is C9H14O3. The molecule has 1 unspecified atom stereocenters. The SMILES string of the molecule is C#CC(CCOC)CC(=O)OC. The van der Waals surface area contributed by atoms with Gasteiger partial charge in [-0.1, -0.05) is 0 Å². The summed E-state index contributed by atoms with van der Waals surface area (Å²) < 4.78 is 9.33. The highest BCUT2D eigenvalue weighted by atomic mass is 16.5. The molecule has 0 heterocycles. The Morgan fingerprint density at radius 3 is 2.67 bits per heavy atom. The molecular weight excluding hydrogens is 156 g/mol. The van der Waals surface area contributed by atoms with Gasteiger partial charge in [0.05, 0.1) is 13.5 Å². The fourth-order valence-electron chi connectivity index (χ4n) is 0.789. The summed E-state index contributed by atoms with van der Waals surface area (Å²) in [5, 5.41) is 0. The summed E-state index contributed by atoms with van der Waals surface area (Å²) in [6.07, 6.45) is 6.17. The Bertz CT molecular complexity index is 169. The van der Waals surface area contributed by atoms with Crippen LogP contribution < -0.4 is 0 Å². The van der Waals surface area contributed by atoms with E-state index in [1.54, 1.807) is 7.11 Å². The Hall–Kier alpha value is -1.01. The minimum Gasteiger partial charge on any atom is -0.469 e. The Labute approximate surface area is 73.0 Å². The van der Waals surface area contributed by atoms with Crippen LogP contribution >= 0.6 is 0 Å². The molecule has 1 atom stereocenters. The maximum absolute atomic E-state index is 10.8. The summed E-state index contributed by atoms with van der Waals surface area (Å²) in [5.74, 6) is 2.18. The van der Waals surface area contributed by atoms with Crippen LogP contribution in [0.4, 0.5) is 0 Å². The van der Waals surface area contributed by atoms with E-state index in [2.05, 4.69) is 10.7 Å². The molecule has 0 saturated heterocycles. The van der Waals surface area contributed by atoms with Gasteiger partial charge in [-0.3, -0.25) is 4.79 Å². The number of hydrogen-bond donors (Lipinski definition) is 0. The molecule has 0 spiro atoms. The molecule has 68 valence electrons. The summed E-state index contributed by atoms with van der Waals surface area (Å²) in [7, 11) is 2.96. The van der Waals surface area contributed by atoms with Gasteiger partial charge in [0.2, 0.25) is 0 Å². The van der Waals surface area contributed by atoms with Crippen LogP contribution in [0.2, 0.25) is 0 Å². The summed E-state index contributed by atoms with van der Waals surface area (Å²) >= 11 is 0. The summed E-state index contributed by atoms with van der Waals surface area (Å²) in [4.78, 5) is 10.8. The first-order valence-corrected chi connectivity index (χ1v) is 3.76. The van der Waals surface area contributed by atoms with Crippen molar-refractivity contribution in [1.82, 2.24) is 0 Å². The molecule has 0 bridgehead atoms. The third-order valence-electron chi connectivity index (χ3n) is 1.55. The first-order valence-electron chi connectivity index (χ1n) is 3.76. The standard InChI is InChI=1S/C9H14O3/c1-4-8(5-6-11-2)7-9(10)12-3/h1,8H,5-7H2,2-3H3. The van der Waals surface area contributed by atoms with Gasteiger partial charge in [-0.25, -0.2) is 0 Å². The van der Waals surface area contributed by atoms with E-state index in [1.807, 2.05) is 0 Å². The topological polar surface area (TPSA) is 35.5 Å². The number of ether oxygens (including phenoxy) is 2. The van der Waals surface area contributed by atoms with Crippen LogP contribution in [0.5, 0.6) is 0 Å². The lowest BCUT2D eigenvalue weighted by atomic mass is 10.0. The fourth-order valence-corrected chi connectivity index (χ4v) is 0.789. The second-order valence-corrected chi connectivity index (χ2v) is 2.43. The molecule has 0 aliphatic rings. The van der Waals surface area contributed by atoms with E-state index in [4.69, 9.17) is 11.2 Å². The Morgan fingerprint density at radius 2 is 2.25 bits per heavy atom. The first kappa shape index (κ1) is 11.0. The highest BCUT2D eigenvalue weighted by Crippen LogP contribution is 2.07. The van der Waals surface area contributed by atoms with Crippen LogP contribution in [0, 0.1) is 18.3 Å². The predicted octanol–water partition coefficient (Wildman–Crippen LogP) is 0.835. The van der Waals surface area contributed by atoms with Gasteiger partial charge in [0, 0.05) is 19.6 Å². The molecule has 0 aromatic carbocycles. The van der Waals surface area contributed by atoms with Crippen molar-refractivity contribution in [3.63, 3.8) is 0 Å². The third-order valence-corrected chi connectivity index (χ3v) is 1.55. The number of methoxy groups -OCH3 is 2. The maximum atomic E-state index is 10.8. The molecule has 0 amide bonds. The van der Waals surface area contributed by atoms with E-state index in [-0.39, 0.29) is 18.3 Å². The van der Waals surface area contributed by atoms with Crippen LogP contribution in [-0.2, 0) is 14.3 Å². The highest BCUT2D eigenvalue weighted by molar-refractivity contribution is 5.69. The first-order chi connectivity index (χ1) is 5.74. The molecule has 0 aliphatic heterocycles. The quantitative estimate of drug-likeness (QED) is 0.453. The largest absolute Gasteiger partial charge is 0.469 e. The molecule has 0 aromatic heterocycles. The summed E-state index contributed by atoms with van der Waals surface area (Å²) in [5.41, 5.74) is 0. The monoisotopic (exact) mass is 170 g/mol. The van der Waals surface area contributed by atoms with E-state index in [9.17, 15) is 4.79 Å². The van der Waals surface area contributed by atoms with Crippen molar-refractivity contribution in [2.45, 2.75) is 12.8 Å². The van der Waals surface area contributed by atoms with Crippen molar-refractivity contribution in [3.05, 3.63) is 0 Å². The lowest BCUT2D eigenvalue weighted by Gasteiger charge is -2.07. The summed E-state index contributed by atoms with van der Waals surface area (Å²) in [6.45, 7) is 0.575. The fraction of sp³-hybridized carbons (Fsp3) is 0.667. The molecule has 12 heavy (non-hydrogen) atoms. The zero-order valence-corrected chi connectivity index (χ0v) is 7.50. The summed E-state index contributed by atoms with van der Waals surface area (Å²) in [6, 6.07) is 0. The van der Waals surface area contributed by atoms with Gasteiger partial charge in [0.25, 0.3) is 0 Å². The van der Waals surface area contributed by atoms with Gasteiger partial charge in [-0.15, -0.1) is 12.3 Å². The minimum atomic E-state index is -0.269. The van der Waals surface area contributed by atoms with Crippen LogP contribution in [-0.4, -0.2) is 26.8 Å². The maximum Gasteiger partial charge on any atom is 0.306 e. The molecule has 0 fully saturated rings. The molecule has 0 saturated carbocycles. The van der Waals surface area contributed by atoms with Gasteiger partial charge < -0.3 is 9.47 Å². The van der Waals surface area contributed by atoms with E-state index >= 15 is 0 Å². The number of hydrogen-bond acceptors (Lipinski definition) is 3. The number of esters is 1. The Balaban J connectivity index is 3.69. The molecule has 0 aromatic rings. The zero-order chi connectivity index (χ0) is 9.40. The van der Waals surface area contributed by atoms with Gasteiger partial charge >= 0.3 is 5.97 Å². The van der Waals surface area contributed by atoms with E-state index in [1.165, 1.54) is 7.11 Å². The van der Waals surface area contributed by atoms with E-state index < -0.39 is 0 Å².